The zero-order chi connectivity index (χ0) is 17.2. The molecular formula is C19H32IN3O3. The molecule has 0 aromatic carbocycles. The molecule has 6 nitrogen and oxygen atoms in total. The smallest absolute Gasteiger partial charge is 0.191 e. The number of hydrogen-bond donors (Lipinski definition) is 2. The molecule has 1 aromatic heterocycles. The summed E-state index contributed by atoms with van der Waals surface area (Å²) >= 11 is 0. The highest BCUT2D eigenvalue weighted by Crippen LogP contribution is 2.15. The van der Waals surface area contributed by atoms with E-state index in [0.717, 1.165) is 70.3 Å². The molecule has 2 fully saturated rings. The minimum Gasteiger partial charge on any atom is -0.469 e. The Morgan fingerprint density at radius 1 is 1.04 bits per heavy atom. The van der Waals surface area contributed by atoms with Gasteiger partial charge in [-0.15, -0.1) is 24.0 Å². The van der Waals surface area contributed by atoms with Crippen LogP contribution >= 0.6 is 24.0 Å². The van der Waals surface area contributed by atoms with Crippen LogP contribution in [0.2, 0.25) is 0 Å². The van der Waals surface area contributed by atoms with Gasteiger partial charge in [-0.3, -0.25) is 4.99 Å². The maximum atomic E-state index is 5.80. The molecule has 0 saturated carbocycles. The largest absolute Gasteiger partial charge is 0.469 e. The number of halogens is 1. The van der Waals surface area contributed by atoms with Gasteiger partial charge in [0.2, 0.25) is 0 Å². The van der Waals surface area contributed by atoms with E-state index < -0.39 is 0 Å². The third-order valence-electron chi connectivity index (χ3n) is 4.75. The second kappa shape index (κ2) is 12.6. The second-order valence-electron chi connectivity index (χ2n) is 6.78. The molecule has 3 heterocycles. The van der Waals surface area contributed by atoms with Gasteiger partial charge in [0.15, 0.2) is 5.96 Å². The van der Waals surface area contributed by atoms with Crippen LogP contribution in [0.4, 0.5) is 0 Å². The van der Waals surface area contributed by atoms with Crippen LogP contribution in [0.25, 0.3) is 0 Å². The van der Waals surface area contributed by atoms with Gasteiger partial charge < -0.3 is 24.5 Å². The van der Waals surface area contributed by atoms with Crippen molar-refractivity contribution in [1.82, 2.24) is 10.6 Å². The normalized spacial score (nSPS) is 23.5. The Morgan fingerprint density at radius 2 is 1.85 bits per heavy atom. The van der Waals surface area contributed by atoms with Crippen LogP contribution in [0.3, 0.4) is 0 Å². The van der Waals surface area contributed by atoms with Gasteiger partial charge in [0, 0.05) is 32.7 Å². The fraction of sp³-hybridized carbons (Fsp3) is 0.737. The highest BCUT2D eigenvalue weighted by molar-refractivity contribution is 14.0. The number of ether oxygens (including phenoxy) is 2. The van der Waals surface area contributed by atoms with E-state index in [-0.39, 0.29) is 30.1 Å². The maximum absolute atomic E-state index is 5.80. The molecule has 2 aliphatic heterocycles. The van der Waals surface area contributed by atoms with Gasteiger partial charge in [-0.2, -0.15) is 0 Å². The lowest BCUT2D eigenvalue weighted by molar-refractivity contribution is 0.0122. The molecule has 7 heteroatoms. The quantitative estimate of drug-likeness (QED) is 0.342. The molecule has 148 valence electrons. The first-order valence-corrected chi connectivity index (χ1v) is 9.68. The van der Waals surface area contributed by atoms with Crippen LogP contribution in [0, 0.1) is 0 Å². The molecule has 2 N–H and O–H groups in total. The molecule has 0 radical (unpaired) electrons. The molecule has 2 unspecified atom stereocenters. The minimum absolute atomic E-state index is 0. The summed E-state index contributed by atoms with van der Waals surface area (Å²) < 4.78 is 16.8. The lowest BCUT2D eigenvalue weighted by Gasteiger charge is -2.23. The first-order chi connectivity index (χ1) is 12.4. The number of furan rings is 1. The number of nitrogens with zero attached hydrogens (tertiary/aromatic N) is 1. The van der Waals surface area contributed by atoms with Gasteiger partial charge in [-0.25, -0.2) is 0 Å². The number of guanidine groups is 1. The van der Waals surface area contributed by atoms with E-state index in [1.807, 2.05) is 12.1 Å². The van der Waals surface area contributed by atoms with Crippen molar-refractivity contribution in [3.8, 4) is 0 Å². The van der Waals surface area contributed by atoms with E-state index >= 15 is 0 Å². The second-order valence-corrected chi connectivity index (χ2v) is 6.78. The van der Waals surface area contributed by atoms with Gasteiger partial charge >= 0.3 is 0 Å². The van der Waals surface area contributed by atoms with E-state index in [1.165, 1.54) is 19.3 Å². The first-order valence-electron chi connectivity index (χ1n) is 9.68. The summed E-state index contributed by atoms with van der Waals surface area (Å²) in [6.07, 6.45) is 10.2. The van der Waals surface area contributed by atoms with Crippen molar-refractivity contribution < 1.29 is 13.9 Å². The Bertz CT molecular complexity index is 498. The van der Waals surface area contributed by atoms with Crippen LogP contribution in [-0.2, 0) is 15.9 Å². The zero-order valence-electron chi connectivity index (χ0n) is 15.5. The van der Waals surface area contributed by atoms with Gasteiger partial charge in [-0.05, 0) is 50.7 Å². The van der Waals surface area contributed by atoms with E-state index in [2.05, 4.69) is 10.6 Å². The van der Waals surface area contributed by atoms with E-state index in [4.69, 9.17) is 18.9 Å². The predicted molar refractivity (Wildman–Crippen MR) is 113 cm³/mol. The number of hydrogen-bond acceptors (Lipinski definition) is 4. The molecular weight excluding hydrogens is 445 g/mol. The molecule has 2 saturated heterocycles. The number of aliphatic imine (C=N–C) groups is 1. The Labute approximate surface area is 173 Å². The Kier molecular flexibility index (Phi) is 10.4. The summed E-state index contributed by atoms with van der Waals surface area (Å²) in [5.41, 5.74) is 0. The van der Waals surface area contributed by atoms with Crippen LogP contribution in [0.15, 0.2) is 27.8 Å². The Balaban J connectivity index is 0.00000243. The average molecular weight is 477 g/mol. The van der Waals surface area contributed by atoms with E-state index in [9.17, 15) is 0 Å². The lowest BCUT2D eigenvalue weighted by atomic mass is 10.1. The summed E-state index contributed by atoms with van der Waals surface area (Å²) in [6.45, 7) is 4.17. The topological polar surface area (TPSA) is 68.0 Å². The van der Waals surface area contributed by atoms with Crippen LogP contribution < -0.4 is 10.6 Å². The third-order valence-corrected chi connectivity index (χ3v) is 4.75. The van der Waals surface area contributed by atoms with Crippen molar-refractivity contribution in [2.24, 2.45) is 4.99 Å². The van der Waals surface area contributed by atoms with Crippen LogP contribution in [0.1, 0.15) is 44.3 Å². The van der Waals surface area contributed by atoms with Crippen LogP contribution in [-0.4, -0.2) is 51.0 Å². The summed E-state index contributed by atoms with van der Waals surface area (Å²) in [4.78, 5) is 4.71. The highest BCUT2D eigenvalue weighted by atomic mass is 127. The minimum atomic E-state index is 0. The molecule has 0 amide bonds. The molecule has 0 bridgehead atoms. The standard InChI is InChI=1S/C19H31N3O3.HI/c1-2-12-23-16(5-1)8-10-20-19(22-15-18-7-4-14-25-18)21-11-9-17-6-3-13-24-17;/h3,6,13,16,18H,1-2,4-5,7-12,14-15H2,(H2,20,21,22);1H. The Hall–Kier alpha value is -0.800. The van der Waals surface area contributed by atoms with E-state index in [1.54, 1.807) is 6.26 Å². The van der Waals surface area contributed by atoms with Gasteiger partial charge in [0.05, 0.1) is 25.0 Å². The van der Waals surface area contributed by atoms with Crippen molar-refractivity contribution in [2.45, 2.75) is 57.2 Å². The lowest BCUT2D eigenvalue weighted by Crippen LogP contribution is -2.40. The molecule has 0 spiro atoms. The van der Waals surface area contributed by atoms with Gasteiger partial charge in [-0.1, -0.05) is 0 Å². The summed E-state index contributed by atoms with van der Waals surface area (Å²) in [7, 11) is 0. The SMILES string of the molecule is I.c1coc(CCNC(=NCC2CCCO2)NCCC2CCCCO2)c1. The summed E-state index contributed by atoms with van der Waals surface area (Å²) in [5, 5.41) is 6.85. The average Bonchev–Trinajstić information content (AvgIpc) is 3.34. The van der Waals surface area contributed by atoms with Crippen molar-refractivity contribution in [1.29, 1.82) is 0 Å². The van der Waals surface area contributed by atoms with Crippen LogP contribution in [0.5, 0.6) is 0 Å². The predicted octanol–water partition coefficient (Wildman–Crippen LogP) is 3.11. The number of nitrogens with one attached hydrogen (secondary N) is 2. The molecule has 2 atom stereocenters. The monoisotopic (exact) mass is 477 g/mol. The maximum Gasteiger partial charge on any atom is 0.191 e. The van der Waals surface area contributed by atoms with Crippen molar-refractivity contribution in [3.63, 3.8) is 0 Å². The molecule has 1 aromatic rings. The fourth-order valence-electron chi connectivity index (χ4n) is 3.30. The van der Waals surface area contributed by atoms with Gasteiger partial charge in [0.1, 0.15) is 5.76 Å². The van der Waals surface area contributed by atoms with E-state index in [0.29, 0.717) is 6.10 Å². The molecule has 3 rings (SSSR count). The molecule has 2 aliphatic rings. The van der Waals surface area contributed by atoms with Crippen molar-refractivity contribution in [2.75, 3.05) is 32.8 Å². The first kappa shape index (κ1) is 21.5. The van der Waals surface area contributed by atoms with Crippen molar-refractivity contribution >= 4 is 29.9 Å². The van der Waals surface area contributed by atoms with Crippen molar-refractivity contribution in [3.05, 3.63) is 24.2 Å². The molecule has 26 heavy (non-hydrogen) atoms. The fourth-order valence-corrected chi connectivity index (χ4v) is 3.30. The Morgan fingerprint density at radius 3 is 2.58 bits per heavy atom. The number of rotatable bonds is 8. The van der Waals surface area contributed by atoms with Gasteiger partial charge in [0.25, 0.3) is 0 Å². The summed E-state index contributed by atoms with van der Waals surface area (Å²) in [6, 6.07) is 3.92. The molecule has 0 aliphatic carbocycles. The zero-order valence-corrected chi connectivity index (χ0v) is 17.8. The third kappa shape index (κ3) is 7.84. The summed E-state index contributed by atoms with van der Waals surface area (Å²) in [5.74, 6) is 1.85. The highest BCUT2D eigenvalue weighted by Gasteiger charge is 2.16.